The molecular weight excluding hydrogens is 1400 g/mol. The summed E-state index contributed by atoms with van der Waals surface area (Å²) < 4.78 is 68.9. The first kappa shape index (κ1) is 105. The summed E-state index contributed by atoms with van der Waals surface area (Å²) in [6.07, 6.45) is 83.6. The molecule has 0 fully saturated rings. The van der Waals surface area contributed by atoms with Gasteiger partial charge in [0.25, 0.3) is 0 Å². The molecule has 17 nitrogen and oxygen atoms in total. The quantitative estimate of drug-likeness (QED) is 0.0169. The smallest absolute Gasteiger partial charge is 0.462 e. The zero-order chi connectivity index (χ0) is 78.9. The van der Waals surface area contributed by atoms with Crippen LogP contribution in [0.5, 0.6) is 0 Å². The van der Waals surface area contributed by atoms with E-state index in [4.69, 9.17) is 37.0 Å². The van der Waals surface area contributed by atoms with Crippen LogP contribution in [0.15, 0.2) is 48.6 Å². The van der Waals surface area contributed by atoms with E-state index >= 15 is 0 Å². The lowest BCUT2D eigenvalue weighted by molar-refractivity contribution is -0.161. The Morgan fingerprint density at radius 3 is 0.731 bits per heavy atom. The van der Waals surface area contributed by atoms with Crippen molar-refractivity contribution in [3.63, 3.8) is 0 Å². The molecule has 3 N–H and O–H groups in total. The number of rotatable bonds is 86. The number of carbonyl (C=O) groups excluding carboxylic acids is 4. The molecule has 0 heterocycles. The Bertz CT molecular complexity index is 2220. The highest BCUT2D eigenvalue weighted by molar-refractivity contribution is 7.47. The van der Waals surface area contributed by atoms with E-state index in [1.165, 1.54) is 263 Å². The van der Waals surface area contributed by atoms with Crippen LogP contribution in [0.1, 0.15) is 439 Å². The van der Waals surface area contributed by atoms with Gasteiger partial charge in [0.05, 0.1) is 26.4 Å². The molecule has 0 aliphatic carbocycles. The maximum atomic E-state index is 13.2. The van der Waals surface area contributed by atoms with E-state index in [2.05, 4.69) is 64.2 Å². The van der Waals surface area contributed by atoms with Gasteiger partial charge in [0.15, 0.2) is 12.2 Å². The summed E-state index contributed by atoms with van der Waals surface area (Å²) in [6, 6.07) is 0. The summed E-state index contributed by atoms with van der Waals surface area (Å²) in [5, 5.41) is 10.7. The van der Waals surface area contributed by atoms with Crippen LogP contribution in [0.2, 0.25) is 0 Å². The minimum Gasteiger partial charge on any atom is -0.462 e. The van der Waals surface area contributed by atoms with Crippen LogP contribution in [-0.4, -0.2) is 96.7 Å². The Morgan fingerprint density at radius 2 is 0.463 bits per heavy atom. The maximum absolute atomic E-state index is 13.2. The van der Waals surface area contributed by atoms with Gasteiger partial charge in [0.2, 0.25) is 0 Å². The van der Waals surface area contributed by atoms with E-state index in [-0.39, 0.29) is 25.7 Å². The van der Waals surface area contributed by atoms with Crippen LogP contribution in [-0.2, 0) is 65.4 Å². The first-order valence-electron chi connectivity index (χ1n) is 44.9. The van der Waals surface area contributed by atoms with Gasteiger partial charge >= 0.3 is 39.5 Å². The normalized spacial score (nSPS) is 14.0. The number of phosphoric ester groups is 2. The molecule has 2 unspecified atom stereocenters. The van der Waals surface area contributed by atoms with Gasteiger partial charge in [-0.05, 0) is 64.2 Å². The maximum Gasteiger partial charge on any atom is 0.472 e. The third kappa shape index (κ3) is 81.0. The van der Waals surface area contributed by atoms with Gasteiger partial charge in [0, 0.05) is 25.7 Å². The molecule has 0 rings (SSSR count). The number of hydrogen-bond donors (Lipinski definition) is 3. The SMILES string of the molecule is CCCCC/C=C\C/C=C\C/C=C\C/C=C\CCCC(=O)O[C@H](COC(=O)CCCCCCCCCCCCCCCCCCC)COP(=O)(O)OC[C@@H](O)COP(=O)(O)OC[C@@H](COC(=O)CCCCCCCCCCCCCCCCCCC)OC(=O)CCCCCCCCCCCCCCCCCCC. The average molecular weight is 1570 g/mol. The number of aliphatic hydroxyl groups is 1. The lowest BCUT2D eigenvalue weighted by Crippen LogP contribution is -2.30. The first-order valence-corrected chi connectivity index (χ1v) is 47.9. The molecule has 108 heavy (non-hydrogen) atoms. The molecular formula is C89H166O17P2. The standard InChI is InChI=1S/C89H166O17P2/c1-5-9-13-17-21-25-29-33-37-41-45-49-53-57-61-65-69-73-86(91)99-79-84(105-88(93)75-71-67-63-59-55-51-47-43-39-35-31-27-23-19-15-11-7-3)81-103-107(95,96)101-77-83(90)78-102-108(97,98)104-82-85(106-89(94)76-72-68-64-60-56-52-48-44-40-36-32-28-24-20-16-12-8-4)80-100-87(92)74-70-66-62-58-54-50-46-42-38-34-30-26-22-18-14-10-6-2/h23,27,35,39,47,51,59,63,83-85,90H,5-22,24-26,28-34,36-38,40-46,48-50,52-58,60-62,64-82H2,1-4H3,(H,95,96)(H,97,98)/b27-23-,39-35-,51-47-,63-59-/t83-,84-,85-/m1/s1. The Labute approximate surface area is 661 Å². The third-order valence-corrected chi connectivity index (χ3v) is 21.7. The Hall–Kier alpha value is -2.98. The molecule has 0 aromatic carbocycles. The topological polar surface area (TPSA) is 237 Å². The predicted molar refractivity (Wildman–Crippen MR) is 446 cm³/mol. The molecule has 634 valence electrons. The largest absolute Gasteiger partial charge is 0.472 e. The highest BCUT2D eigenvalue weighted by Gasteiger charge is 2.30. The summed E-state index contributed by atoms with van der Waals surface area (Å²) >= 11 is 0. The van der Waals surface area contributed by atoms with Gasteiger partial charge in [-0.3, -0.25) is 37.3 Å². The zero-order valence-corrected chi connectivity index (χ0v) is 71.6. The lowest BCUT2D eigenvalue weighted by Gasteiger charge is -2.21. The second-order valence-electron chi connectivity index (χ2n) is 30.6. The average Bonchev–Trinajstić information content (AvgIpc) is 0.891. The van der Waals surface area contributed by atoms with E-state index in [9.17, 15) is 43.2 Å². The van der Waals surface area contributed by atoms with Crippen molar-refractivity contribution in [2.45, 2.75) is 457 Å². The minimum atomic E-state index is -4.99. The van der Waals surface area contributed by atoms with Gasteiger partial charge in [-0.25, -0.2) is 9.13 Å². The Balaban J connectivity index is 5.35. The minimum absolute atomic E-state index is 0.0260. The number of ether oxygens (including phenoxy) is 4. The van der Waals surface area contributed by atoms with Crippen molar-refractivity contribution in [1.82, 2.24) is 0 Å². The van der Waals surface area contributed by atoms with Crippen molar-refractivity contribution in [3.05, 3.63) is 48.6 Å². The van der Waals surface area contributed by atoms with Crippen LogP contribution < -0.4 is 0 Å². The molecule has 0 amide bonds. The fraction of sp³-hybridized carbons (Fsp3) is 0.865. The van der Waals surface area contributed by atoms with Crippen molar-refractivity contribution in [3.8, 4) is 0 Å². The number of unbranched alkanes of at least 4 members (excludes halogenated alkanes) is 52. The second kappa shape index (κ2) is 82.0. The van der Waals surface area contributed by atoms with Gasteiger partial charge in [-0.15, -0.1) is 0 Å². The lowest BCUT2D eigenvalue weighted by atomic mass is 10.0. The number of carbonyl (C=O) groups is 4. The molecule has 0 aliphatic heterocycles. The summed E-state index contributed by atoms with van der Waals surface area (Å²) in [5.74, 6) is -2.18. The number of phosphoric acid groups is 2. The predicted octanol–water partition coefficient (Wildman–Crippen LogP) is 26.8. The molecule has 0 bridgehead atoms. The highest BCUT2D eigenvalue weighted by Crippen LogP contribution is 2.45. The van der Waals surface area contributed by atoms with E-state index in [1.807, 2.05) is 12.2 Å². The molecule has 0 saturated carbocycles. The molecule has 0 radical (unpaired) electrons. The van der Waals surface area contributed by atoms with E-state index in [1.54, 1.807) is 0 Å². The molecule has 5 atom stereocenters. The zero-order valence-electron chi connectivity index (χ0n) is 69.8. The van der Waals surface area contributed by atoms with E-state index < -0.39 is 97.5 Å². The second-order valence-corrected chi connectivity index (χ2v) is 33.5. The summed E-state index contributed by atoms with van der Waals surface area (Å²) in [5.41, 5.74) is 0. The Morgan fingerprint density at radius 1 is 0.259 bits per heavy atom. The van der Waals surface area contributed by atoms with Crippen molar-refractivity contribution in [2.24, 2.45) is 0 Å². The first-order chi connectivity index (χ1) is 52.7. The monoisotopic (exact) mass is 1570 g/mol. The molecule has 0 aromatic rings. The highest BCUT2D eigenvalue weighted by atomic mass is 31.2. The molecule has 19 heteroatoms. The van der Waals surface area contributed by atoms with E-state index in [0.29, 0.717) is 32.1 Å². The van der Waals surface area contributed by atoms with Crippen LogP contribution in [0, 0.1) is 0 Å². The van der Waals surface area contributed by atoms with Gasteiger partial charge in [-0.2, -0.15) is 0 Å². The fourth-order valence-corrected chi connectivity index (χ4v) is 14.6. The third-order valence-electron chi connectivity index (χ3n) is 19.8. The molecule has 0 aliphatic rings. The number of esters is 4. The van der Waals surface area contributed by atoms with Crippen LogP contribution in [0.3, 0.4) is 0 Å². The Kier molecular flexibility index (Phi) is 79.8. The molecule has 0 aromatic heterocycles. The van der Waals surface area contributed by atoms with Crippen LogP contribution in [0.4, 0.5) is 0 Å². The van der Waals surface area contributed by atoms with Crippen molar-refractivity contribution >= 4 is 39.5 Å². The number of allylic oxidation sites excluding steroid dienone is 8. The van der Waals surface area contributed by atoms with Crippen molar-refractivity contribution < 1.29 is 80.2 Å². The fourth-order valence-electron chi connectivity index (χ4n) is 13.0. The number of hydrogen-bond acceptors (Lipinski definition) is 15. The van der Waals surface area contributed by atoms with Gasteiger partial charge < -0.3 is 33.8 Å². The van der Waals surface area contributed by atoms with Gasteiger partial charge in [-0.1, -0.05) is 397 Å². The number of aliphatic hydroxyl groups excluding tert-OH is 1. The molecule has 0 spiro atoms. The van der Waals surface area contributed by atoms with Crippen LogP contribution in [0.25, 0.3) is 0 Å². The van der Waals surface area contributed by atoms with E-state index in [0.717, 1.165) is 89.9 Å². The summed E-state index contributed by atoms with van der Waals surface area (Å²) in [4.78, 5) is 73.3. The summed E-state index contributed by atoms with van der Waals surface area (Å²) in [7, 11) is -9.96. The summed E-state index contributed by atoms with van der Waals surface area (Å²) in [6.45, 7) is 4.94. The van der Waals surface area contributed by atoms with Crippen molar-refractivity contribution in [1.29, 1.82) is 0 Å². The van der Waals surface area contributed by atoms with Crippen LogP contribution >= 0.6 is 15.6 Å². The molecule has 0 saturated heterocycles. The van der Waals surface area contributed by atoms with Crippen molar-refractivity contribution in [2.75, 3.05) is 39.6 Å². The van der Waals surface area contributed by atoms with Gasteiger partial charge in [0.1, 0.15) is 19.3 Å².